The SMILES string of the molecule is Cc1n[nH]nc1NC(=O)Nc1ccc2c(n1)CCC2. The minimum Gasteiger partial charge on any atom is -0.292 e. The molecular weight excluding hydrogens is 244 g/mol. The Hall–Kier alpha value is -2.44. The highest BCUT2D eigenvalue weighted by molar-refractivity contribution is 5.98. The molecule has 98 valence electrons. The third-order valence-corrected chi connectivity index (χ3v) is 3.12. The van der Waals surface area contributed by atoms with Gasteiger partial charge >= 0.3 is 6.03 Å². The number of nitrogens with one attached hydrogen (secondary N) is 3. The normalized spacial score (nSPS) is 13.1. The van der Waals surface area contributed by atoms with Crippen LogP contribution >= 0.6 is 0 Å². The second kappa shape index (κ2) is 4.68. The Labute approximate surface area is 109 Å². The maximum atomic E-state index is 11.8. The molecule has 0 spiro atoms. The second-order valence-electron chi connectivity index (χ2n) is 4.49. The number of urea groups is 1. The van der Waals surface area contributed by atoms with Crippen LogP contribution in [0.5, 0.6) is 0 Å². The van der Waals surface area contributed by atoms with Crippen LogP contribution in [0.2, 0.25) is 0 Å². The third kappa shape index (κ3) is 2.40. The molecule has 2 heterocycles. The number of amides is 2. The number of carbonyl (C=O) groups excluding carboxylic acids is 1. The summed E-state index contributed by atoms with van der Waals surface area (Å²) in [4.78, 5) is 16.2. The van der Waals surface area contributed by atoms with E-state index in [2.05, 4.69) is 31.0 Å². The zero-order valence-corrected chi connectivity index (χ0v) is 10.5. The maximum Gasteiger partial charge on any atom is 0.326 e. The number of hydrogen-bond donors (Lipinski definition) is 3. The van der Waals surface area contributed by atoms with E-state index < -0.39 is 0 Å². The molecule has 0 bridgehead atoms. The first-order chi connectivity index (χ1) is 9.22. The van der Waals surface area contributed by atoms with Crippen LogP contribution in [-0.2, 0) is 12.8 Å². The maximum absolute atomic E-state index is 11.8. The predicted molar refractivity (Wildman–Crippen MR) is 70.0 cm³/mol. The molecule has 2 aromatic rings. The van der Waals surface area contributed by atoms with Gasteiger partial charge in [-0.2, -0.15) is 10.3 Å². The number of nitrogens with zero attached hydrogens (tertiary/aromatic N) is 3. The monoisotopic (exact) mass is 258 g/mol. The Bertz CT molecular complexity index is 620. The predicted octanol–water partition coefficient (Wildman–Crippen LogP) is 1.64. The molecular formula is C12H14N6O. The zero-order chi connectivity index (χ0) is 13.2. The summed E-state index contributed by atoms with van der Waals surface area (Å²) in [5, 5.41) is 15.4. The van der Waals surface area contributed by atoms with Crippen LogP contribution in [0, 0.1) is 6.92 Å². The van der Waals surface area contributed by atoms with E-state index in [1.54, 1.807) is 6.92 Å². The van der Waals surface area contributed by atoms with Crippen LogP contribution in [0.25, 0.3) is 0 Å². The number of pyridine rings is 1. The van der Waals surface area contributed by atoms with E-state index >= 15 is 0 Å². The first-order valence-corrected chi connectivity index (χ1v) is 6.16. The molecule has 1 aliphatic rings. The van der Waals surface area contributed by atoms with Gasteiger partial charge in [0.15, 0.2) is 5.82 Å². The number of anilines is 2. The molecule has 0 radical (unpaired) electrons. The van der Waals surface area contributed by atoms with Gasteiger partial charge in [0.2, 0.25) is 0 Å². The molecule has 1 aliphatic carbocycles. The van der Waals surface area contributed by atoms with Crippen LogP contribution in [0.1, 0.15) is 23.4 Å². The number of carbonyl (C=O) groups is 1. The molecule has 7 heteroatoms. The smallest absolute Gasteiger partial charge is 0.292 e. The molecule has 0 saturated heterocycles. The lowest BCUT2D eigenvalue weighted by Gasteiger charge is -2.06. The van der Waals surface area contributed by atoms with E-state index in [0.29, 0.717) is 17.3 Å². The Kier molecular flexibility index (Phi) is 2.86. The Balaban J connectivity index is 1.68. The van der Waals surface area contributed by atoms with Crippen LogP contribution in [0.3, 0.4) is 0 Å². The first-order valence-electron chi connectivity index (χ1n) is 6.16. The summed E-state index contributed by atoms with van der Waals surface area (Å²) in [6, 6.07) is 3.47. The number of hydrogen-bond acceptors (Lipinski definition) is 4. The van der Waals surface area contributed by atoms with Crippen molar-refractivity contribution in [3.63, 3.8) is 0 Å². The van der Waals surface area contributed by atoms with Gasteiger partial charge in [0.25, 0.3) is 0 Å². The van der Waals surface area contributed by atoms with Gasteiger partial charge in [-0.15, -0.1) is 5.10 Å². The van der Waals surface area contributed by atoms with E-state index in [4.69, 9.17) is 0 Å². The largest absolute Gasteiger partial charge is 0.326 e. The van der Waals surface area contributed by atoms with Gasteiger partial charge in [-0.3, -0.25) is 10.6 Å². The van der Waals surface area contributed by atoms with Gasteiger partial charge in [0.1, 0.15) is 11.5 Å². The molecule has 0 saturated carbocycles. The van der Waals surface area contributed by atoms with E-state index in [-0.39, 0.29) is 6.03 Å². The number of aromatic amines is 1. The van der Waals surface area contributed by atoms with Crippen molar-refractivity contribution in [3.05, 3.63) is 29.1 Å². The fourth-order valence-electron chi connectivity index (χ4n) is 2.15. The summed E-state index contributed by atoms with van der Waals surface area (Å²) in [5.74, 6) is 0.970. The number of fused-ring (bicyclic) bond motifs is 1. The number of aryl methyl sites for hydroxylation is 3. The van der Waals surface area contributed by atoms with Crippen LogP contribution in [-0.4, -0.2) is 26.4 Å². The molecule has 19 heavy (non-hydrogen) atoms. The fraction of sp³-hybridized carbons (Fsp3) is 0.333. The van der Waals surface area contributed by atoms with Gasteiger partial charge in [0.05, 0.1) is 0 Å². The standard InChI is InChI=1S/C12H14N6O/c1-7-11(17-18-16-7)15-12(19)14-10-6-5-8-3-2-4-9(8)13-10/h5-6H,2-4H2,1H3,(H3,13,14,15,16,17,18,19). The van der Waals surface area contributed by atoms with E-state index in [9.17, 15) is 4.79 Å². The van der Waals surface area contributed by atoms with Crippen molar-refractivity contribution < 1.29 is 4.79 Å². The van der Waals surface area contributed by atoms with Crippen molar-refractivity contribution >= 4 is 17.7 Å². The van der Waals surface area contributed by atoms with Crippen molar-refractivity contribution in [2.45, 2.75) is 26.2 Å². The van der Waals surface area contributed by atoms with Crippen molar-refractivity contribution in [2.24, 2.45) is 0 Å². The van der Waals surface area contributed by atoms with Crippen molar-refractivity contribution in [3.8, 4) is 0 Å². The quantitative estimate of drug-likeness (QED) is 0.763. The minimum atomic E-state index is -0.373. The van der Waals surface area contributed by atoms with Crippen molar-refractivity contribution in [2.75, 3.05) is 10.6 Å². The molecule has 3 N–H and O–H groups in total. The Morgan fingerprint density at radius 3 is 2.95 bits per heavy atom. The molecule has 0 unspecified atom stereocenters. The fourth-order valence-corrected chi connectivity index (χ4v) is 2.15. The lowest BCUT2D eigenvalue weighted by atomic mass is 10.2. The first kappa shape index (κ1) is 11.6. The summed E-state index contributed by atoms with van der Waals surface area (Å²) in [7, 11) is 0. The van der Waals surface area contributed by atoms with E-state index in [1.165, 1.54) is 5.56 Å². The molecule has 3 rings (SSSR count). The summed E-state index contributed by atoms with van der Waals surface area (Å²) in [6.07, 6.45) is 3.19. The highest BCUT2D eigenvalue weighted by Gasteiger charge is 2.14. The van der Waals surface area contributed by atoms with Crippen molar-refractivity contribution in [1.29, 1.82) is 0 Å². The Morgan fingerprint density at radius 1 is 1.26 bits per heavy atom. The lowest BCUT2D eigenvalue weighted by molar-refractivity contribution is 0.262. The summed E-state index contributed by atoms with van der Waals surface area (Å²) >= 11 is 0. The van der Waals surface area contributed by atoms with Gasteiger partial charge in [-0.25, -0.2) is 9.78 Å². The van der Waals surface area contributed by atoms with E-state index in [0.717, 1.165) is 25.0 Å². The number of aromatic nitrogens is 4. The zero-order valence-electron chi connectivity index (χ0n) is 10.5. The molecule has 0 aromatic carbocycles. The summed E-state index contributed by atoms with van der Waals surface area (Å²) < 4.78 is 0. The van der Waals surface area contributed by atoms with Crippen LogP contribution < -0.4 is 10.6 Å². The molecule has 7 nitrogen and oxygen atoms in total. The average Bonchev–Trinajstić information content (AvgIpc) is 2.98. The van der Waals surface area contributed by atoms with Gasteiger partial charge in [-0.05, 0) is 37.8 Å². The highest BCUT2D eigenvalue weighted by atomic mass is 16.2. The van der Waals surface area contributed by atoms with Gasteiger partial charge < -0.3 is 0 Å². The highest BCUT2D eigenvalue weighted by Crippen LogP contribution is 2.21. The van der Waals surface area contributed by atoms with Crippen LogP contribution in [0.15, 0.2) is 12.1 Å². The molecule has 0 aliphatic heterocycles. The summed E-state index contributed by atoms with van der Waals surface area (Å²) in [6.45, 7) is 1.76. The average molecular weight is 258 g/mol. The summed E-state index contributed by atoms with van der Waals surface area (Å²) in [5.41, 5.74) is 2.99. The van der Waals surface area contributed by atoms with Gasteiger partial charge in [-0.1, -0.05) is 6.07 Å². The molecule has 2 aromatic heterocycles. The molecule has 0 atom stereocenters. The molecule has 0 fully saturated rings. The lowest BCUT2D eigenvalue weighted by Crippen LogP contribution is -2.21. The minimum absolute atomic E-state index is 0.373. The van der Waals surface area contributed by atoms with Crippen molar-refractivity contribution in [1.82, 2.24) is 20.4 Å². The number of H-pyrrole nitrogens is 1. The second-order valence-corrected chi connectivity index (χ2v) is 4.49. The Morgan fingerprint density at radius 2 is 2.16 bits per heavy atom. The third-order valence-electron chi connectivity index (χ3n) is 3.12. The number of rotatable bonds is 2. The topological polar surface area (TPSA) is 95.6 Å². The van der Waals surface area contributed by atoms with E-state index in [1.807, 2.05) is 12.1 Å². The molecule has 2 amide bonds. The van der Waals surface area contributed by atoms with Gasteiger partial charge in [0, 0.05) is 5.69 Å². The van der Waals surface area contributed by atoms with Crippen LogP contribution in [0.4, 0.5) is 16.4 Å².